The van der Waals surface area contributed by atoms with Gasteiger partial charge in [-0.1, -0.05) is 27.2 Å². The highest BCUT2D eigenvalue weighted by atomic mass is 15.0. The maximum Gasteiger partial charge on any atom is 0.115 e. The van der Waals surface area contributed by atoms with Crippen molar-refractivity contribution in [1.29, 1.82) is 0 Å². The Morgan fingerprint density at radius 2 is 1.78 bits per heavy atom. The van der Waals surface area contributed by atoms with Crippen molar-refractivity contribution in [2.75, 3.05) is 5.32 Å². The number of hydrogen-bond donors (Lipinski definition) is 1. The molecule has 100 valence electrons. The highest BCUT2D eigenvalue weighted by molar-refractivity contribution is 5.38. The van der Waals surface area contributed by atoms with E-state index in [1.54, 1.807) is 6.33 Å². The molecule has 1 saturated carbocycles. The Labute approximate surface area is 110 Å². The molecule has 18 heavy (non-hydrogen) atoms. The monoisotopic (exact) mass is 247 g/mol. The zero-order valence-corrected chi connectivity index (χ0v) is 11.8. The topological polar surface area (TPSA) is 37.8 Å². The average Bonchev–Trinajstić information content (AvgIpc) is 2.40. The Kier molecular flexibility index (Phi) is 4.20. The third-order valence-electron chi connectivity index (χ3n) is 4.67. The Morgan fingerprint density at radius 3 is 2.33 bits per heavy atom. The molecule has 3 nitrogen and oxygen atoms in total. The zero-order chi connectivity index (χ0) is 13.0. The van der Waals surface area contributed by atoms with Gasteiger partial charge in [-0.25, -0.2) is 9.97 Å². The quantitative estimate of drug-likeness (QED) is 0.877. The lowest BCUT2D eigenvalue weighted by Gasteiger charge is -2.39. The lowest BCUT2D eigenvalue weighted by molar-refractivity contribution is 0.147. The van der Waals surface area contributed by atoms with Gasteiger partial charge in [-0.2, -0.15) is 0 Å². The molecule has 1 heterocycles. The first-order chi connectivity index (χ1) is 8.62. The Balaban J connectivity index is 1.84. The smallest absolute Gasteiger partial charge is 0.115 e. The number of aromatic nitrogens is 2. The summed E-state index contributed by atoms with van der Waals surface area (Å²) in [5.41, 5.74) is 1.55. The van der Waals surface area contributed by atoms with E-state index >= 15 is 0 Å². The van der Waals surface area contributed by atoms with Crippen molar-refractivity contribution in [2.45, 2.75) is 58.9 Å². The van der Waals surface area contributed by atoms with Gasteiger partial charge in [0.15, 0.2) is 0 Å². The van der Waals surface area contributed by atoms with E-state index in [-0.39, 0.29) is 0 Å². The van der Waals surface area contributed by atoms with E-state index in [4.69, 9.17) is 0 Å². The second kappa shape index (κ2) is 5.68. The first-order valence-electron chi connectivity index (χ1n) is 7.13. The molecular formula is C15H25N3. The number of rotatable bonds is 4. The number of anilines is 1. The van der Waals surface area contributed by atoms with Gasteiger partial charge in [0.2, 0.25) is 0 Å². The maximum absolute atomic E-state index is 4.04. The molecular weight excluding hydrogens is 222 g/mol. The molecule has 1 aromatic rings. The van der Waals surface area contributed by atoms with Crippen molar-refractivity contribution < 1.29 is 0 Å². The summed E-state index contributed by atoms with van der Waals surface area (Å²) in [6.07, 6.45) is 11.8. The summed E-state index contributed by atoms with van der Waals surface area (Å²) in [6, 6.07) is 0.597. The lowest BCUT2D eigenvalue weighted by atomic mass is 9.69. The highest BCUT2D eigenvalue weighted by Crippen LogP contribution is 2.40. The molecule has 0 spiro atoms. The lowest BCUT2D eigenvalue weighted by Crippen LogP contribution is -2.32. The second-order valence-electron chi connectivity index (χ2n) is 6.16. The van der Waals surface area contributed by atoms with Crippen LogP contribution in [0.2, 0.25) is 0 Å². The summed E-state index contributed by atoms with van der Waals surface area (Å²) >= 11 is 0. The SMILES string of the molecule is CCC(C)(C)C1CCC(Nc2cncnc2)CC1. The van der Waals surface area contributed by atoms with Crippen LogP contribution in [-0.4, -0.2) is 16.0 Å². The first kappa shape index (κ1) is 13.3. The third kappa shape index (κ3) is 3.21. The van der Waals surface area contributed by atoms with Crippen LogP contribution in [0.25, 0.3) is 0 Å². The normalized spacial score (nSPS) is 24.8. The molecule has 0 amide bonds. The Bertz CT molecular complexity index is 353. The van der Waals surface area contributed by atoms with Crippen LogP contribution < -0.4 is 5.32 Å². The predicted molar refractivity (Wildman–Crippen MR) is 75.5 cm³/mol. The van der Waals surface area contributed by atoms with Gasteiger partial charge in [-0.3, -0.25) is 0 Å². The predicted octanol–water partition coefficient (Wildman–Crippen LogP) is 3.88. The average molecular weight is 247 g/mol. The Hall–Kier alpha value is -1.12. The summed E-state index contributed by atoms with van der Waals surface area (Å²) in [6.45, 7) is 7.14. The summed E-state index contributed by atoms with van der Waals surface area (Å²) < 4.78 is 0. The van der Waals surface area contributed by atoms with E-state index in [2.05, 4.69) is 36.1 Å². The molecule has 1 aromatic heterocycles. The molecule has 0 atom stereocenters. The molecule has 3 heteroatoms. The van der Waals surface area contributed by atoms with Gasteiger partial charge in [0.25, 0.3) is 0 Å². The van der Waals surface area contributed by atoms with Gasteiger partial charge in [0.05, 0.1) is 18.1 Å². The van der Waals surface area contributed by atoms with Crippen LogP contribution in [0.3, 0.4) is 0 Å². The fourth-order valence-corrected chi connectivity index (χ4v) is 2.92. The summed E-state index contributed by atoms with van der Waals surface area (Å²) in [7, 11) is 0. The Morgan fingerprint density at radius 1 is 1.17 bits per heavy atom. The van der Waals surface area contributed by atoms with E-state index in [9.17, 15) is 0 Å². The van der Waals surface area contributed by atoms with Crippen LogP contribution in [0.1, 0.15) is 52.9 Å². The van der Waals surface area contributed by atoms with E-state index in [1.165, 1.54) is 32.1 Å². The fraction of sp³-hybridized carbons (Fsp3) is 0.733. The minimum absolute atomic E-state index is 0.501. The summed E-state index contributed by atoms with van der Waals surface area (Å²) in [5, 5.41) is 3.55. The van der Waals surface area contributed by atoms with Crippen LogP contribution in [0.4, 0.5) is 5.69 Å². The van der Waals surface area contributed by atoms with Gasteiger partial charge in [0.1, 0.15) is 6.33 Å². The van der Waals surface area contributed by atoms with Crippen molar-refractivity contribution in [2.24, 2.45) is 11.3 Å². The van der Waals surface area contributed by atoms with Gasteiger partial charge in [-0.05, 0) is 37.0 Å². The zero-order valence-electron chi connectivity index (χ0n) is 11.8. The number of nitrogens with one attached hydrogen (secondary N) is 1. The summed E-state index contributed by atoms with van der Waals surface area (Å²) in [5.74, 6) is 0.882. The van der Waals surface area contributed by atoms with Crippen LogP contribution in [0.5, 0.6) is 0 Å². The third-order valence-corrected chi connectivity index (χ3v) is 4.67. The molecule has 0 saturated heterocycles. The molecule has 0 radical (unpaired) electrons. The molecule has 1 aliphatic rings. The van der Waals surface area contributed by atoms with Gasteiger partial charge in [0, 0.05) is 6.04 Å². The maximum atomic E-state index is 4.04. The van der Waals surface area contributed by atoms with E-state index in [0.717, 1.165) is 11.6 Å². The second-order valence-corrected chi connectivity index (χ2v) is 6.16. The minimum atomic E-state index is 0.501. The highest BCUT2D eigenvalue weighted by Gasteiger charge is 2.31. The largest absolute Gasteiger partial charge is 0.380 e. The minimum Gasteiger partial charge on any atom is -0.380 e. The summed E-state index contributed by atoms with van der Waals surface area (Å²) in [4.78, 5) is 8.09. The van der Waals surface area contributed by atoms with Crippen molar-refractivity contribution >= 4 is 5.69 Å². The van der Waals surface area contributed by atoms with Crippen molar-refractivity contribution in [3.05, 3.63) is 18.7 Å². The van der Waals surface area contributed by atoms with Gasteiger partial charge >= 0.3 is 0 Å². The van der Waals surface area contributed by atoms with Crippen LogP contribution in [0.15, 0.2) is 18.7 Å². The molecule has 2 rings (SSSR count). The van der Waals surface area contributed by atoms with Crippen LogP contribution in [0, 0.1) is 11.3 Å². The number of nitrogens with zero attached hydrogens (tertiary/aromatic N) is 2. The van der Waals surface area contributed by atoms with E-state index in [0.29, 0.717) is 11.5 Å². The fourth-order valence-electron chi connectivity index (χ4n) is 2.92. The number of hydrogen-bond acceptors (Lipinski definition) is 3. The van der Waals surface area contributed by atoms with Crippen molar-refractivity contribution in [3.63, 3.8) is 0 Å². The van der Waals surface area contributed by atoms with Crippen molar-refractivity contribution in [1.82, 2.24) is 9.97 Å². The van der Waals surface area contributed by atoms with Crippen LogP contribution >= 0.6 is 0 Å². The molecule has 0 aromatic carbocycles. The van der Waals surface area contributed by atoms with Gasteiger partial charge < -0.3 is 5.32 Å². The van der Waals surface area contributed by atoms with Gasteiger partial charge in [-0.15, -0.1) is 0 Å². The molecule has 0 aliphatic heterocycles. The molecule has 0 bridgehead atoms. The first-order valence-corrected chi connectivity index (χ1v) is 7.13. The molecule has 1 fully saturated rings. The van der Waals surface area contributed by atoms with Crippen LogP contribution in [-0.2, 0) is 0 Å². The van der Waals surface area contributed by atoms with Crippen molar-refractivity contribution in [3.8, 4) is 0 Å². The standard InChI is InChI=1S/C15H25N3/c1-4-15(2,3)12-5-7-13(8-6-12)18-14-9-16-11-17-10-14/h9-13,18H,4-8H2,1-3H3. The molecule has 1 aliphatic carbocycles. The van der Waals surface area contributed by atoms with E-state index in [1.807, 2.05) is 12.4 Å². The van der Waals surface area contributed by atoms with E-state index < -0.39 is 0 Å². The molecule has 1 N–H and O–H groups in total. The molecule has 0 unspecified atom stereocenters.